The highest BCUT2D eigenvalue weighted by molar-refractivity contribution is 5.47. The van der Waals surface area contributed by atoms with Gasteiger partial charge in [0.1, 0.15) is 5.60 Å². The highest BCUT2D eigenvalue weighted by Gasteiger charge is 2.37. The smallest absolute Gasteiger partial charge is 0.143 e. The van der Waals surface area contributed by atoms with Gasteiger partial charge in [-0.25, -0.2) is 0 Å². The van der Waals surface area contributed by atoms with E-state index in [0.717, 1.165) is 16.7 Å². The predicted octanol–water partition coefficient (Wildman–Crippen LogP) is 2.94. The van der Waals surface area contributed by atoms with E-state index in [-0.39, 0.29) is 19.3 Å². The van der Waals surface area contributed by atoms with Gasteiger partial charge in [-0.1, -0.05) is 91.0 Å². The van der Waals surface area contributed by atoms with Gasteiger partial charge in [-0.05, 0) is 16.7 Å². The monoisotopic (exact) mass is 377 g/mol. The summed E-state index contributed by atoms with van der Waals surface area (Å²) in [6.45, 7) is 0.699. The van der Waals surface area contributed by atoms with Crippen LogP contribution in [0.25, 0.3) is 0 Å². The van der Waals surface area contributed by atoms with Gasteiger partial charge in [-0.2, -0.15) is 0 Å². The van der Waals surface area contributed by atoms with E-state index in [1.807, 2.05) is 54.6 Å². The topological polar surface area (TPSA) is 61.7 Å². The van der Waals surface area contributed by atoms with E-state index in [0.29, 0.717) is 13.2 Å². The quantitative estimate of drug-likeness (QED) is 0.376. The Labute approximate surface area is 166 Å². The Morgan fingerprint density at radius 1 is 0.679 bits per heavy atom. The Hall–Kier alpha value is -2.50. The molecule has 0 radical (unpaired) electrons. The highest BCUT2D eigenvalue weighted by atomic mass is 16.5. The van der Waals surface area contributed by atoms with Crippen LogP contribution in [0, 0.1) is 0 Å². The van der Waals surface area contributed by atoms with Crippen molar-refractivity contribution in [3.8, 4) is 0 Å². The second-order valence-corrected chi connectivity index (χ2v) is 6.64. The second kappa shape index (κ2) is 10.2. The van der Waals surface area contributed by atoms with Crippen molar-refractivity contribution in [3.63, 3.8) is 0 Å². The molecule has 0 aliphatic rings. The average Bonchev–Trinajstić information content (AvgIpc) is 2.78. The number of hydrogen-bond acceptors (Lipinski definition) is 4. The number of benzene rings is 3. The molecule has 0 bridgehead atoms. The lowest BCUT2D eigenvalue weighted by molar-refractivity contribution is 0.0123. The Morgan fingerprint density at radius 3 is 1.43 bits per heavy atom. The van der Waals surface area contributed by atoms with Crippen molar-refractivity contribution >= 4 is 0 Å². The molecule has 0 unspecified atom stereocenters. The van der Waals surface area contributed by atoms with Crippen molar-refractivity contribution in [2.75, 3.05) is 26.4 Å². The molecular formula is C24H27NO3. The fraction of sp³-hybridized carbons (Fsp3) is 0.250. The largest absolute Gasteiger partial charge is 0.395 e. The molecule has 4 heteroatoms. The van der Waals surface area contributed by atoms with Crippen LogP contribution < -0.4 is 5.32 Å². The summed E-state index contributed by atoms with van der Waals surface area (Å²) in [4.78, 5) is 0. The number of nitrogens with one attached hydrogen (secondary N) is 1. The zero-order valence-corrected chi connectivity index (χ0v) is 15.9. The van der Waals surface area contributed by atoms with Gasteiger partial charge in [0.15, 0.2) is 0 Å². The molecule has 4 nitrogen and oxygen atoms in total. The van der Waals surface area contributed by atoms with Crippen LogP contribution in [0.1, 0.15) is 16.7 Å². The van der Waals surface area contributed by atoms with Gasteiger partial charge < -0.3 is 20.3 Å². The first kappa shape index (κ1) is 20.2. The Balaban J connectivity index is 1.99. The number of aliphatic hydroxyl groups is 2. The summed E-state index contributed by atoms with van der Waals surface area (Å²) in [6, 6.07) is 30.3. The molecule has 3 N–H and O–H groups in total. The third kappa shape index (κ3) is 4.49. The van der Waals surface area contributed by atoms with Gasteiger partial charge in [0.05, 0.1) is 25.9 Å². The van der Waals surface area contributed by atoms with Gasteiger partial charge in [0, 0.05) is 6.54 Å². The molecule has 0 fully saturated rings. The van der Waals surface area contributed by atoms with E-state index in [2.05, 4.69) is 41.7 Å². The van der Waals surface area contributed by atoms with Crippen LogP contribution in [0.15, 0.2) is 91.0 Å². The molecule has 3 aromatic rings. The molecule has 0 amide bonds. The first-order valence-corrected chi connectivity index (χ1v) is 9.57. The van der Waals surface area contributed by atoms with E-state index >= 15 is 0 Å². The van der Waals surface area contributed by atoms with E-state index in [4.69, 9.17) is 4.74 Å². The normalized spacial score (nSPS) is 11.7. The zero-order valence-electron chi connectivity index (χ0n) is 15.9. The minimum absolute atomic E-state index is 0.113. The molecule has 0 spiro atoms. The van der Waals surface area contributed by atoms with Crippen LogP contribution >= 0.6 is 0 Å². The van der Waals surface area contributed by atoms with Crippen molar-refractivity contribution in [2.45, 2.75) is 11.6 Å². The minimum atomic E-state index is -0.751. The Morgan fingerprint density at radius 2 is 1.07 bits per heavy atom. The fourth-order valence-electron chi connectivity index (χ4n) is 3.42. The number of rotatable bonds is 10. The molecule has 0 aromatic heterocycles. The summed E-state index contributed by atoms with van der Waals surface area (Å²) in [5.41, 5.74) is 2.40. The summed E-state index contributed by atoms with van der Waals surface area (Å²) < 4.78 is 6.60. The number of ether oxygens (including phenoxy) is 1. The molecule has 0 atom stereocenters. The Bertz CT molecular complexity index is 708. The third-order valence-electron chi connectivity index (χ3n) is 4.84. The van der Waals surface area contributed by atoms with Crippen LogP contribution in [0.3, 0.4) is 0 Å². The molecule has 0 heterocycles. The maximum Gasteiger partial charge on any atom is 0.143 e. The third-order valence-corrected chi connectivity index (χ3v) is 4.84. The number of hydrogen-bond donors (Lipinski definition) is 3. The average molecular weight is 377 g/mol. The fourth-order valence-corrected chi connectivity index (χ4v) is 3.42. The molecular weight excluding hydrogens is 350 g/mol. The maximum atomic E-state index is 9.26. The maximum absolute atomic E-state index is 9.26. The molecule has 0 aliphatic heterocycles. The van der Waals surface area contributed by atoms with Crippen LogP contribution in [0.2, 0.25) is 0 Å². The van der Waals surface area contributed by atoms with Gasteiger partial charge in [0.25, 0.3) is 0 Å². The minimum Gasteiger partial charge on any atom is -0.395 e. The van der Waals surface area contributed by atoms with Crippen molar-refractivity contribution < 1.29 is 14.9 Å². The molecule has 0 saturated heterocycles. The molecule has 3 aromatic carbocycles. The van der Waals surface area contributed by atoms with E-state index in [1.165, 1.54) is 0 Å². The van der Waals surface area contributed by atoms with Crippen LogP contribution in [-0.4, -0.2) is 42.6 Å². The summed E-state index contributed by atoms with van der Waals surface area (Å²) in [5.74, 6) is 0. The van der Waals surface area contributed by atoms with Gasteiger partial charge >= 0.3 is 0 Å². The zero-order chi connectivity index (χ0) is 19.7. The van der Waals surface area contributed by atoms with E-state index in [1.54, 1.807) is 0 Å². The molecule has 146 valence electrons. The molecule has 0 aliphatic carbocycles. The second-order valence-electron chi connectivity index (χ2n) is 6.64. The summed E-state index contributed by atoms with van der Waals surface area (Å²) >= 11 is 0. The molecule has 28 heavy (non-hydrogen) atoms. The van der Waals surface area contributed by atoms with Crippen molar-refractivity contribution in [1.29, 1.82) is 0 Å². The van der Waals surface area contributed by atoms with Crippen LogP contribution in [0.5, 0.6) is 0 Å². The van der Waals surface area contributed by atoms with Crippen molar-refractivity contribution in [3.05, 3.63) is 108 Å². The highest BCUT2D eigenvalue weighted by Crippen LogP contribution is 2.40. The van der Waals surface area contributed by atoms with Crippen molar-refractivity contribution in [1.82, 2.24) is 5.32 Å². The van der Waals surface area contributed by atoms with Crippen molar-refractivity contribution in [2.24, 2.45) is 0 Å². The van der Waals surface area contributed by atoms with Gasteiger partial charge in [-0.15, -0.1) is 0 Å². The summed E-state index contributed by atoms with van der Waals surface area (Å²) in [7, 11) is 0. The van der Waals surface area contributed by atoms with Crippen LogP contribution in [0.4, 0.5) is 0 Å². The lowest BCUT2D eigenvalue weighted by atomic mass is 9.80. The van der Waals surface area contributed by atoms with Crippen LogP contribution in [-0.2, 0) is 10.3 Å². The van der Waals surface area contributed by atoms with E-state index in [9.17, 15) is 10.2 Å². The SMILES string of the molecule is OCC(CO)NCCOC(c1ccccc1)(c1ccccc1)c1ccccc1. The number of aliphatic hydroxyl groups excluding tert-OH is 2. The molecule has 3 rings (SSSR count). The standard InChI is InChI=1S/C24H27NO3/c26-18-23(19-27)25-16-17-28-24(20-10-4-1-5-11-20,21-12-6-2-7-13-21)22-14-8-3-9-15-22/h1-15,23,25-27H,16-19H2. The lowest BCUT2D eigenvalue weighted by Crippen LogP contribution is -2.40. The lowest BCUT2D eigenvalue weighted by Gasteiger charge is -2.36. The summed E-state index contributed by atoms with van der Waals surface area (Å²) in [6.07, 6.45) is 0. The molecule has 0 saturated carbocycles. The first-order valence-electron chi connectivity index (χ1n) is 9.57. The summed E-state index contributed by atoms with van der Waals surface area (Å²) in [5, 5.41) is 21.6. The van der Waals surface area contributed by atoms with Gasteiger partial charge in [0.2, 0.25) is 0 Å². The van der Waals surface area contributed by atoms with Gasteiger partial charge in [-0.3, -0.25) is 0 Å². The van der Waals surface area contributed by atoms with E-state index < -0.39 is 5.60 Å². The Kier molecular flexibility index (Phi) is 7.34. The predicted molar refractivity (Wildman–Crippen MR) is 111 cm³/mol. The first-order chi connectivity index (χ1) is 13.8.